The van der Waals surface area contributed by atoms with Crippen molar-refractivity contribution in [3.05, 3.63) is 181 Å². The summed E-state index contributed by atoms with van der Waals surface area (Å²) in [6.07, 6.45) is 6.51. The molecule has 6 heteroatoms. The summed E-state index contributed by atoms with van der Waals surface area (Å²) in [6.45, 7) is 4.26. The van der Waals surface area contributed by atoms with E-state index in [4.69, 9.17) is 18.9 Å². The summed E-state index contributed by atoms with van der Waals surface area (Å²) in [7, 11) is 0. The molecule has 0 fully saturated rings. The second-order valence-electron chi connectivity index (χ2n) is 15.7. The van der Waals surface area contributed by atoms with E-state index in [0.717, 1.165) is 69.8 Å². The van der Waals surface area contributed by atoms with Gasteiger partial charge in [0.15, 0.2) is 0 Å². The van der Waals surface area contributed by atoms with Crippen LogP contribution in [0, 0.1) is 0 Å². The van der Waals surface area contributed by atoms with Crippen LogP contribution < -0.4 is 46.3 Å². The van der Waals surface area contributed by atoms with Gasteiger partial charge in [-0.15, -0.1) is 0 Å². The van der Waals surface area contributed by atoms with Crippen molar-refractivity contribution < 1.29 is 18.9 Å². The standard InChI is InChI=1S/C30H19BO2.C22H13BO2.C2H6/c1-3-10-20-18(8-1)19-9-2-4-11-21(19)23-17-29-25(16-22(20)23)31-24-12-5-6-13-26(24)32-27-14-7-15-28(33-29)30(27)31;1-2-7-15-14(6-1)12-13-20-21(15)23-16-8-3-4-9-17(16)24-18-10-5-11-19(25-20)22(18)23;1-2/h1-5,7-12,14-17H,6,13H2;1-13H;1-2H3. The molecule has 0 unspecified atom stereocenters. The smallest absolute Gasteiger partial charge is 0.261 e. The van der Waals surface area contributed by atoms with Gasteiger partial charge < -0.3 is 18.9 Å². The maximum Gasteiger partial charge on any atom is 0.261 e. The predicted octanol–water partition coefficient (Wildman–Crippen LogP) is 11.0. The summed E-state index contributed by atoms with van der Waals surface area (Å²) in [5.74, 6) is 7.52. The van der Waals surface area contributed by atoms with Gasteiger partial charge in [-0.2, -0.15) is 0 Å². The Labute approximate surface area is 349 Å². The first kappa shape index (κ1) is 34.8. The number of para-hydroxylation sites is 1. The quantitative estimate of drug-likeness (QED) is 0.114. The van der Waals surface area contributed by atoms with E-state index in [0.29, 0.717) is 0 Å². The lowest BCUT2D eigenvalue weighted by molar-refractivity contribution is 0.396. The number of benzene rings is 9. The van der Waals surface area contributed by atoms with E-state index < -0.39 is 0 Å². The topological polar surface area (TPSA) is 36.9 Å². The third-order valence-electron chi connectivity index (χ3n) is 12.6. The van der Waals surface area contributed by atoms with E-state index >= 15 is 0 Å². The van der Waals surface area contributed by atoms with Gasteiger partial charge in [0.25, 0.3) is 13.4 Å². The van der Waals surface area contributed by atoms with Crippen molar-refractivity contribution in [2.24, 2.45) is 0 Å². The summed E-state index contributed by atoms with van der Waals surface area (Å²) < 4.78 is 25.3. The molecule has 4 heterocycles. The van der Waals surface area contributed by atoms with Gasteiger partial charge in [0.2, 0.25) is 0 Å². The second-order valence-corrected chi connectivity index (χ2v) is 15.7. The van der Waals surface area contributed by atoms with Crippen molar-refractivity contribution in [1.29, 1.82) is 0 Å². The Balaban J connectivity index is 0.000000129. The van der Waals surface area contributed by atoms with Crippen LogP contribution in [0.15, 0.2) is 181 Å². The molecule has 9 aromatic rings. The van der Waals surface area contributed by atoms with Crippen LogP contribution in [-0.2, 0) is 0 Å². The lowest BCUT2D eigenvalue weighted by atomic mass is 9.34. The molecule has 14 rings (SSSR count). The Hall–Kier alpha value is -7.17. The molecular formula is C54H38B2O4. The Bertz CT molecular complexity index is 3320. The average Bonchev–Trinajstić information content (AvgIpc) is 3.32. The molecular weight excluding hydrogens is 734 g/mol. The van der Waals surface area contributed by atoms with Crippen LogP contribution in [0.5, 0.6) is 40.2 Å². The van der Waals surface area contributed by atoms with Crippen LogP contribution in [0.1, 0.15) is 26.7 Å². The van der Waals surface area contributed by atoms with Gasteiger partial charge in [-0.25, -0.2) is 0 Å². The highest BCUT2D eigenvalue weighted by molar-refractivity contribution is 6.99. The van der Waals surface area contributed by atoms with Crippen LogP contribution in [0.4, 0.5) is 0 Å². The molecule has 0 atom stereocenters. The van der Waals surface area contributed by atoms with E-state index in [1.165, 1.54) is 65.0 Å². The molecule has 0 spiro atoms. The first-order chi connectivity index (χ1) is 29.8. The molecule has 0 saturated heterocycles. The van der Waals surface area contributed by atoms with E-state index in [1.807, 2.05) is 50.2 Å². The Kier molecular flexibility index (Phi) is 7.96. The van der Waals surface area contributed by atoms with Gasteiger partial charge in [-0.3, -0.25) is 0 Å². The minimum Gasteiger partial charge on any atom is -0.463 e. The van der Waals surface area contributed by atoms with Crippen molar-refractivity contribution in [2.75, 3.05) is 0 Å². The number of ether oxygens (including phenoxy) is 4. The van der Waals surface area contributed by atoms with Crippen LogP contribution in [0.25, 0.3) is 43.1 Å². The fourth-order valence-electron chi connectivity index (χ4n) is 10.2. The van der Waals surface area contributed by atoms with Crippen molar-refractivity contribution >= 4 is 83.8 Å². The van der Waals surface area contributed by atoms with Gasteiger partial charge in [0.1, 0.15) is 40.2 Å². The van der Waals surface area contributed by atoms with Crippen molar-refractivity contribution in [2.45, 2.75) is 26.7 Å². The van der Waals surface area contributed by atoms with Gasteiger partial charge >= 0.3 is 0 Å². The maximum atomic E-state index is 6.55. The molecule has 0 N–H and O–H groups in total. The predicted molar refractivity (Wildman–Crippen MR) is 250 cm³/mol. The molecule has 284 valence electrons. The van der Waals surface area contributed by atoms with E-state index in [9.17, 15) is 0 Å². The summed E-state index contributed by atoms with van der Waals surface area (Å²) in [4.78, 5) is 0. The highest BCUT2D eigenvalue weighted by Gasteiger charge is 2.42. The molecule has 4 aliphatic heterocycles. The third kappa shape index (κ3) is 5.13. The molecule has 4 nitrogen and oxygen atoms in total. The molecule has 0 amide bonds. The fraction of sp³-hybridized carbons (Fsp3) is 0.0741. The van der Waals surface area contributed by atoms with Crippen LogP contribution in [0.3, 0.4) is 0 Å². The first-order valence-electron chi connectivity index (χ1n) is 21.1. The summed E-state index contributed by atoms with van der Waals surface area (Å²) in [6, 6.07) is 55.4. The van der Waals surface area contributed by atoms with Gasteiger partial charge in [-0.1, -0.05) is 141 Å². The van der Waals surface area contributed by atoms with Crippen LogP contribution in [0.2, 0.25) is 0 Å². The van der Waals surface area contributed by atoms with E-state index in [1.54, 1.807) is 0 Å². The molecule has 5 aliphatic rings. The third-order valence-corrected chi connectivity index (χ3v) is 12.6. The Morgan fingerprint density at radius 3 is 1.62 bits per heavy atom. The average molecular weight is 773 g/mol. The molecule has 9 aromatic carbocycles. The number of rotatable bonds is 0. The number of fused-ring (bicyclic) bond motifs is 15. The zero-order valence-corrected chi connectivity index (χ0v) is 33.4. The first-order valence-corrected chi connectivity index (χ1v) is 21.1. The summed E-state index contributed by atoms with van der Waals surface area (Å²) >= 11 is 0. The van der Waals surface area contributed by atoms with Crippen molar-refractivity contribution in [1.82, 2.24) is 0 Å². The molecule has 60 heavy (non-hydrogen) atoms. The van der Waals surface area contributed by atoms with Crippen molar-refractivity contribution in [3.8, 4) is 40.2 Å². The summed E-state index contributed by atoms with van der Waals surface area (Å²) in [5.41, 5.74) is 7.21. The lowest BCUT2D eigenvalue weighted by Gasteiger charge is -2.35. The lowest BCUT2D eigenvalue weighted by Crippen LogP contribution is -2.57. The molecule has 0 aromatic heterocycles. The number of hydrogen-bond donors (Lipinski definition) is 0. The Morgan fingerprint density at radius 1 is 0.383 bits per heavy atom. The molecule has 1 aliphatic carbocycles. The molecule has 0 saturated carbocycles. The highest BCUT2D eigenvalue weighted by atomic mass is 16.5. The molecule has 0 radical (unpaired) electrons. The Morgan fingerprint density at radius 2 is 0.900 bits per heavy atom. The minimum absolute atomic E-state index is 0.131. The van der Waals surface area contributed by atoms with Gasteiger partial charge in [0, 0.05) is 17.3 Å². The van der Waals surface area contributed by atoms with Crippen LogP contribution >= 0.6 is 0 Å². The second kappa shape index (κ2) is 13.7. The monoisotopic (exact) mass is 772 g/mol. The van der Waals surface area contributed by atoms with Gasteiger partial charge in [-0.05, 0) is 114 Å². The number of hydrogen-bond acceptors (Lipinski definition) is 4. The van der Waals surface area contributed by atoms with Gasteiger partial charge in [0.05, 0.1) is 5.76 Å². The zero-order valence-electron chi connectivity index (χ0n) is 33.4. The largest absolute Gasteiger partial charge is 0.463 e. The molecule has 0 bridgehead atoms. The van der Waals surface area contributed by atoms with E-state index in [-0.39, 0.29) is 13.4 Å². The summed E-state index contributed by atoms with van der Waals surface area (Å²) in [5, 5.41) is 10.1. The van der Waals surface area contributed by atoms with Crippen molar-refractivity contribution in [3.63, 3.8) is 0 Å². The SMILES string of the molecule is C1=CC2=C(CC1)Oc1cccc3c1B2c1cc2c4ccccc4c4ccccc4c2cc1O3.CC.c1ccc2c(c1)Oc1cccc3c1B2c1c(ccc2ccccc12)O3. The van der Waals surface area contributed by atoms with E-state index in [2.05, 4.69) is 133 Å². The minimum atomic E-state index is 0.131. The fourth-order valence-corrected chi connectivity index (χ4v) is 10.2. The highest BCUT2D eigenvalue weighted by Crippen LogP contribution is 2.42. The normalized spacial score (nSPS) is 14.4. The number of allylic oxidation sites excluding steroid dienone is 4. The van der Waals surface area contributed by atoms with Crippen LogP contribution in [-0.4, -0.2) is 13.4 Å². The maximum absolute atomic E-state index is 6.55. The zero-order chi connectivity index (χ0) is 39.9.